The van der Waals surface area contributed by atoms with E-state index in [1.165, 1.54) is 25.7 Å². The second kappa shape index (κ2) is 6.87. The van der Waals surface area contributed by atoms with Crippen LogP contribution in [0.15, 0.2) is 0 Å². The van der Waals surface area contributed by atoms with E-state index >= 15 is 0 Å². The molecule has 0 aromatic carbocycles. The molecule has 1 saturated carbocycles. The summed E-state index contributed by atoms with van der Waals surface area (Å²) in [5.41, 5.74) is 0. The zero-order valence-corrected chi connectivity index (χ0v) is 12.3. The number of hydrogen-bond acceptors (Lipinski definition) is 4. The molecule has 2 heterocycles. The van der Waals surface area contributed by atoms with Gasteiger partial charge < -0.3 is 15.4 Å². The molecule has 20 heavy (non-hydrogen) atoms. The van der Waals surface area contributed by atoms with Crippen molar-refractivity contribution < 1.29 is 9.53 Å². The van der Waals surface area contributed by atoms with Crippen molar-refractivity contribution in [3.63, 3.8) is 0 Å². The van der Waals surface area contributed by atoms with Gasteiger partial charge >= 0.3 is 0 Å². The Hall–Kier alpha value is -0.650. The summed E-state index contributed by atoms with van der Waals surface area (Å²) in [7, 11) is 0. The normalized spacial score (nSPS) is 32.6. The summed E-state index contributed by atoms with van der Waals surface area (Å²) < 4.78 is 5.39. The van der Waals surface area contributed by atoms with E-state index in [1.807, 2.05) is 0 Å². The second-order valence-corrected chi connectivity index (χ2v) is 6.42. The number of amides is 1. The highest BCUT2D eigenvalue weighted by atomic mass is 16.5. The van der Waals surface area contributed by atoms with E-state index in [0.29, 0.717) is 19.1 Å². The third-order valence-corrected chi connectivity index (χ3v) is 4.86. The van der Waals surface area contributed by atoms with Crippen LogP contribution < -0.4 is 10.6 Å². The summed E-state index contributed by atoms with van der Waals surface area (Å²) in [5.74, 6) is 0.172. The van der Waals surface area contributed by atoms with Gasteiger partial charge in [0.1, 0.15) is 0 Å². The van der Waals surface area contributed by atoms with E-state index < -0.39 is 0 Å². The molecule has 2 saturated heterocycles. The Morgan fingerprint density at radius 3 is 2.90 bits per heavy atom. The van der Waals surface area contributed by atoms with Crippen molar-refractivity contribution in [1.82, 2.24) is 15.5 Å². The van der Waals surface area contributed by atoms with Crippen LogP contribution >= 0.6 is 0 Å². The van der Waals surface area contributed by atoms with Crippen LogP contribution in [0.25, 0.3) is 0 Å². The van der Waals surface area contributed by atoms with Gasteiger partial charge in [0.2, 0.25) is 5.91 Å². The van der Waals surface area contributed by atoms with Gasteiger partial charge in [-0.15, -0.1) is 0 Å². The lowest BCUT2D eigenvalue weighted by molar-refractivity contribution is -0.122. The summed E-state index contributed by atoms with van der Waals surface area (Å²) >= 11 is 0. The van der Waals surface area contributed by atoms with Crippen molar-refractivity contribution in [3.05, 3.63) is 0 Å². The Kier molecular flexibility index (Phi) is 4.91. The summed E-state index contributed by atoms with van der Waals surface area (Å²) in [6.45, 7) is 4.48. The first-order valence-corrected chi connectivity index (χ1v) is 8.16. The molecular weight excluding hydrogens is 254 g/mol. The van der Waals surface area contributed by atoms with Gasteiger partial charge in [0, 0.05) is 44.2 Å². The second-order valence-electron chi connectivity index (χ2n) is 6.42. The molecule has 5 nitrogen and oxygen atoms in total. The Morgan fingerprint density at radius 2 is 2.15 bits per heavy atom. The largest absolute Gasteiger partial charge is 0.378 e. The SMILES string of the molecule is O=C(CC1COCCN1)NC1CCN(C2CCCC2)C1. The summed E-state index contributed by atoms with van der Waals surface area (Å²) in [6.07, 6.45) is 7.11. The van der Waals surface area contributed by atoms with Crippen molar-refractivity contribution in [2.75, 3.05) is 32.8 Å². The number of rotatable bonds is 4. The molecule has 2 N–H and O–H groups in total. The van der Waals surface area contributed by atoms with E-state index in [1.54, 1.807) is 0 Å². The third-order valence-electron chi connectivity index (χ3n) is 4.86. The lowest BCUT2D eigenvalue weighted by atomic mass is 10.1. The Labute approximate surface area is 121 Å². The molecule has 0 aromatic rings. The van der Waals surface area contributed by atoms with Crippen LogP contribution in [0.2, 0.25) is 0 Å². The topological polar surface area (TPSA) is 53.6 Å². The van der Waals surface area contributed by atoms with Crippen molar-refractivity contribution in [2.24, 2.45) is 0 Å². The first kappa shape index (κ1) is 14.3. The van der Waals surface area contributed by atoms with Crippen LogP contribution in [0, 0.1) is 0 Å². The van der Waals surface area contributed by atoms with Gasteiger partial charge in [-0.25, -0.2) is 0 Å². The Balaban J connectivity index is 1.38. The van der Waals surface area contributed by atoms with Gasteiger partial charge in [-0.1, -0.05) is 12.8 Å². The number of nitrogens with zero attached hydrogens (tertiary/aromatic N) is 1. The van der Waals surface area contributed by atoms with E-state index in [4.69, 9.17) is 4.74 Å². The Bertz CT molecular complexity index is 325. The van der Waals surface area contributed by atoms with Gasteiger partial charge in [-0.3, -0.25) is 9.69 Å². The predicted molar refractivity (Wildman–Crippen MR) is 77.6 cm³/mol. The lowest BCUT2D eigenvalue weighted by Crippen LogP contribution is -2.46. The number of morpholine rings is 1. The highest BCUT2D eigenvalue weighted by Gasteiger charge is 2.30. The molecule has 0 spiro atoms. The Morgan fingerprint density at radius 1 is 1.30 bits per heavy atom. The maximum atomic E-state index is 12.1. The summed E-state index contributed by atoms with van der Waals surface area (Å²) in [4.78, 5) is 14.7. The molecule has 2 aliphatic heterocycles. The zero-order valence-electron chi connectivity index (χ0n) is 12.3. The molecular formula is C15H27N3O2. The smallest absolute Gasteiger partial charge is 0.221 e. The van der Waals surface area contributed by atoms with E-state index in [2.05, 4.69) is 15.5 Å². The van der Waals surface area contributed by atoms with Gasteiger partial charge in [-0.05, 0) is 19.3 Å². The van der Waals surface area contributed by atoms with E-state index in [-0.39, 0.29) is 11.9 Å². The maximum Gasteiger partial charge on any atom is 0.221 e. The minimum atomic E-state index is 0.172. The van der Waals surface area contributed by atoms with Gasteiger partial charge in [0.15, 0.2) is 0 Å². The van der Waals surface area contributed by atoms with Crippen LogP contribution in [-0.2, 0) is 9.53 Å². The molecule has 3 fully saturated rings. The van der Waals surface area contributed by atoms with E-state index in [9.17, 15) is 4.79 Å². The fraction of sp³-hybridized carbons (Fsp3) is 0.933. The zero-order chi connectivity index (χ0) is 13.8. The minimum absolute atomic E-state index is 0.172. The summed E-state index contributed by atoms with van der Waals surface area (Å²) in [5, 5.41) is 6.54. The fourth-order valence-electron chi connectivity index (χ4n) is 3.77. The molecule has 1 amide bonds. The van der Waals surface area contributed by atoms with Crippen molar-refractivity contribution in [3.8, 4) is 0 Å². The fourth-order valence-corrected chi connectivity index (χ4v) is 3.77. The predicted octanol–water partition coefficient (Wildman–Crippen LogP) is 0.498. The minimum Gasteiger partial charge on any atom is -0.378 e. The van der Waals surface area contributed by atoms with Crippen LogP contribution in [0.3, 0.4) is 0 Å². The van der Waals surface area contributed by atoms with Crippen LogP contribution in [-0.4, -0.2) is 61.8 Å². The standard InChI is InChI=1S/C15H27N3O2/c19-15(9-13-11-20-8-6-16-13)17-12-5-7-18(10-12)14-3-1-2-4-14/h12-14,16H,1-11H2,(H,17,19). The monoisotopic (exact) mass is 281 g/mol. The van der Waals surface area contributed by atoms with Gasteiger partial charge in [-0.2, -0.15) is 0 Å². The van der Waals surface area contributed by atoms with Crippen LogP contribution in [0.4, 0.5) is 0 Å². The van der Waals surface area contributed by atoms with Gasteiger partial charge in [0.25, 0.3) is 0 Å². The van der Waals surface area contributed by atoms with Crippen LogP contribution in [0.5, 0.6) is 0 Å². The number of nitrogens with one attached hydrogen (secondary N) is 2. The lowest BCUT2D eigenvalue weighted by Gasteiger charge is -2.25. The van der Waals surface area contributed by atoms with E-state index in [0.717, 1.165) is 38.7 Å². The molecule has 0 aromatic heterocycles. The van der Waals surface area contributed by atoms with Crippen molar-refractivity contribution in [1.29, 1.82) is 0 Å². The maximum absolute atomic E-state index is 12.1. The molecule has 114 valence electrons. The highest BCUT2D eigenvalue weighted by Crippen LogP contribution is 2.26. The molecule has 2 unspecified atom stereocenters. The van der Waals surface area contributed by atoms with Crippen molar-refractivity contribution >= 4 is 5.91 Å². The molecule has 3 rings (SSSR count). The average Bonchev–Trinajstić information content (AvgIpc) is 3.10. The average molecular weight is 281 g/mol. The molecule has 5 heteroatoms. The number of hydrogen-bond donors (Lipinski definition) is 2. The molecule has 3 aliphatic rings. The van der Waals surface area contributed by atoms with Crippen LogP contribution in [0.1, 0.15) is 38.5 Å². The number of carbonyl (C=O) groups excluding carboxylic acids is 1. The number of likely N-dealkylation sites (tertiary alicyclic amines) is 1. The first-order chi connectivity index (χ1) is 9.81. The molecule has 1 aliphatic carbocycles. The third kappa shape index (κ3) is 3.71. The van der Waals surface area contributed by atoms with Gasteiger partial charge in [0.05, 0.1) is 13.2 Å². The van der Waals surface area contributed by atoms with Crippen molar-refractivity contribution in [2.45, 2.75) is 56.7 Å². The number of carbonyl (C=O) groups is 1. The quantitative estimate of drug-likeness (QED) is 0.788. The summed E-state index contributed by atoms with van der Waals surface area (Å²) in [6, 6.07) is 1.33. The molecule has 2 atom stereocenters. The number of ether oxygens (including phenoxy) is 1. The molecule has 0 radical (unpaired) electrons. The molecule has 0 bridgehead atoms. The highest BCUT2D eigenvalue weighted by molar-refractivity contribution is 5.77. The first-order valence-electron chi connectivity index (χ1n) is 8.16.